The molecule has 17 heavy (non-hydrogen) atoms. The van der Waals surface area contributed by atoms with Gasteiger partial charge in [-0.1, -0.05) is 6.92 Å². The van der Waals surface area contributed by atoms with Crippen molar-refractivity contribution >= 4 is 29.3 Å². The molecule has 1 rings (SSSR count). The van der Waals surface area contributed by atoms with Crippen molar-refractivity contribution in [3.63, 3.8) is 0 Å². The van der Waals surface area contributed by atoms with Crippen LogP contribution < -0.4 is 5.32 Å². The van der Waals surface area contributed by atoms with Gasteiger partial charge in [0.25, 0.3) is 0 Å². The fourth-order valence-electron chi connectivity index (χ4n) is 1.23. The lowest BCUT2D eigenvalue weighted by atomic mass is 10.3. The summed E-state index contributed by atoms with van der Waals surface area (Å²) in [6.07, 6.45) is 4.02. The molecule has 1 amide bonds. The van der Waals surface area contributed by atoms with Gasteiger partial charge in [-0.25, -0.2) is 4.79 Å². The van der Waals surface area contributed by atoms with Crippen molar-refractivity contribution in [3.8, 4) is 0 Å². The highest BCUT2D eigenvalue weighted by molar-refractivity contribution is 7.12. The largest absolute Gasteiger partial charge is 0.478 e. The summed E-state index contributed by atoms with van der Waals surface area (Å²) in [4.78, 5) is 23.4. The first-order valence-electron chi connectivity index (χ1n) is 5.38. The van der Waals surface area contributed by atoms with Gasteiger partial charge in [-0.15, -0.1) is 11.3 Å². The second kappa shape index (κ2) is 6.85. The number of hydrogen-bond donors (Lipinski definition) is 2. The average Bonchev–Trinajstić information content (AvgIpc) is 2.72. The molecule has 4 nitrogen and oxygen atoms in total. The third-order valence-electron chi connectivity index (χ3n) is 2.01. The highest BCUT2D eigenvalue weighted by atomic mass is 32.1. The van der Waals surface area contributed by atoms with Gasteiger partial charge in [0.05, 0.1) is 6.54 Å². The quantitative estimate of drug-likeness (QED) is 0.764. The van der Waals surface area contributed by atoms with Gasteiger partial charge in [-0.05, 0) is 24.6 Å². The Balaban J connectivity index is 2.46. The molecule has 0 spiro atoms. The van der Waals surface area contributed by atoms with Crippen LogP contribution in [0.5, 0.6) is 0 Å². The number of thiophene rings is 1. The Labute approximate surface area is 104 Å². The van der Waals surface area contributed by atoms with Gasteiger partial charge in [0.2, 0.25) is 5.91 Å². The van der Waals surface area contributed by atoms with E-state index in [0.29, 0.717) is 13.0 Å². The Bertz CT molecular complexity index is 423. The van der Waals surface area contributed by atoms with Crippen molar-refractivity contribution in [1.29, 1.82) is 0 Å². The van der Waals surface area contributed by atoms with Crippen molar-refractivity contribution in [2.45, 2.75) is 26.3 Å². The first-order chi connectivity index (χ1) is 8.11. The van der Waals surface area contributed by atoms with Gasteiger partial charge in [-0.3, -0.25) is 4.79 Å². The number of carboxylic acids is 1. The molecule has 0 aromatic carbocycles. The predicted octanol–water partition coefficient (Wildman–Crippen LogP) is 2.26. The molecule has 1 heterocycles. The Kier molecular flexibility index (Phi) is 5.42. The lowest BCUT2D eigenvalue weighted by molar-refractivity contribution is -0.131. The summed E-state index contributed by atoms with van der Waals surface area (Å²) in [6, 6.07) is 3.73. The number of amides is 1. The minimum absolute atomic E-state index is 0.0449. The molecule has 92 valence electrons. The number of carbonyl (C=O) groups is 2. The van der Waals surface area contributed by atoms with Crippen LogP contribution in [0, 0.1) is 0 Å². The van der Waals surface area contributed by atoms with E-state index in [0.717, 1.165) is 22.3 Å². The van der Waals surface area contributed by atoms with Crippen LogP contribution >= 0.6 is 11.3 Å². The van der Waals surface area contributed by atoms with Crippen LogP contribution in [0.3, 0.4) is 0 Å². The lowest BCUT2D eigenvalue weighted by Gasteiger charge is -2.00. The van der Waals surface area contributed by atoms with Gasteiger partial charge in [0, 0.05) is 22.3 Å². The zero-order valence-corrected chi connectivity index (χ0v) is 10.4. The van der Waals surface area contributed by atoms with Crippen molar-refractivity contribution in [2.24, 2.45) is 0 Å². The standard InChI is InChI=1S/C12H15NO3S/c1-2-3-11(14)13-8-10-5-4-9(17-10)6-7-12(15)16/h4-7H,2-3,8H2,1H3,(H,13,14)(H,15,16). The highest BCUT2D eigenvalue weighted by Gasteiger charge is 2.01. The van der Waals surface area contributed by atoms with Gasteiger partial charge in [0.15, 0.2) is 0 Å². The smallest absolute Gasteiger partial charge is 0.328 e. The minimum Gasteiger partial charge on any atom is -0.478 e. The van der Waals surface area contributed by atoms with E-state index in [1.54, 1.807) is 6.08 Å². The molecule has 1 aromatic rings. The second-order valence-corrected chi connectivity index (χ2v) is 4.70. The number of nitrogens with one attached hydrogen (secondary N) is 1. The molecule has 2 N–H and O–H groups in total. The van der Waals surface area contributed by atoms with E-state index in [4.69, 9.17) is 5.11 Å². The predicted molar refractivity (Wildman–Crippen MR) is 67.7 cm³/mol. The fraction of sp³-hybridized carbons (Fsp3) is 0.333. The highest BCUT2D eigenvalue weighted by Crippen LogP contribution is 2.17. The third kappa shape index (κ3) is 5.31. The van der Waals surface area contributed by atoms with Gasteiger partial charge in [-0.2, -0.15) is 0 Å². The van der Waals surface area contributed by atoms with E-state index in [-0.39, 0.29) is 5.91 Å². The average molecular weight is 253 g/mol. The maximum Gasteiger partial charge on any atom is 0.328 e. The van der Waals surface area contributed by atoms with Gasteiger partial charge in [0.1, 0.15) is 0 Å². The number of hydrogen-bond acceptors (Lipinski definition) is 3. The van der Waals surface area contributed by atoms with E-state index in [2.05, 4.69) is 5.32 Å². The molecule has 1 aromatic heterocycles. The minimum atomic E-state index is -0.962. The summed E-state index contributed by atoms with van der Waals surface area (Å²) < 4.78 is 0. The first kappa shape index (κ1) is 13.4. The number of rotatable bonds is 6. The van der Waals surface area contributed by atoms with E-state index in [1.165, 1.54) is 11.3 Å². The molecule has 0 saturated carbocycles. The van der Waals surface area contributed by atoms with Crippen molar-refractivity contribution < 1.29 is 14.7 Å². The first-order valence-corrected chi connectivity index (χ1v) is 6.20. The van der Waals surface area contributed by atoms with E-state index in [9.17, 15) is 9.59 Å². The summed E-state index contributed by atoms with van der Waals surface area (Å²) >= 11 is 1.47. The summed E-state index contributed by atoms with van der Waals surface area (Å²) in [7, 11) is 0. The van der Waals surface area contributed by atoms with Crippen LogP contribution in [0.2, 0.25) is 0 Å². The van der Waals surface area contributed by atoms with Crippen LogP contribution in [0.15, 0.2) is 18.2 Å². The Morgan fingerprint density at radius 2 is 2.24 bits per heavy atom. The van der Waals surface area contributed by atoms with Gasteiger partial charge >= 0.3 is 5.97 Å². The van der Waals surface area contributed by atoms with Crippen molar-refractivity contribution in [1.82, 2.24) is 5.32 Å². The Morgan fingerprint density at radius 3 is 2.88 bits per heavy atom. The summed E-state index contributed by atoms with van der Waals surface area (Å²) in [5.41, 5.74) is 0. The summed E-state index contributed by atoms with van der Waals surface area (Å²) in [6.45, 7) is 2.46. The lowest BCUT2D eigenvalue weighted by Crippen LogP contribution is -2.21. The van der Waals surface area contributed by atoms with Crippen molar-refractivity contribution in [2.75, 3.05) is 0 Å². The second-order valence-electron chi connectivity index (χ2n) is 3.50. The molecule has 0 saturated heterocycles. The van der Waals surface area contributed by atoms with Crippen LogP contribution in [-0.4, -0.2) is 17.0 Å². The summed E-state index contributed by atoms with van der Waals surface area (Å²) in [5, 5.41) is 11.3. The molecule has 0 aliphatic rings. The maximum atomic E-state index is 11.2. The molecule has 5 heteroatoms. The van der Waals surface area contributed by atoms with Crippen LogP contribution in [-0.2, 0) is 16.1 Å². The number of carboxylic acid groups (broad SMARTS) is 1. The van der Waals surface area contributed by atoms with E-state index in [1.807, 2.05) is 19.1 Å². The Hall–Kier alpha value is -1.62. The molecule has 0 unspecified atom stereocenters. The zero-order chi connectivity index (χ0) is 12.7. The molecule has 0 radical (unpaired) electrons. The zero-order valence-electron chi connectivity index (χ0n) is 9.60. The molecule has 0 bridgehead atoms. The van der Waals surface area contributed by atoms with Crippen LogP contribution in [0.25, 0.3) is 6.08 Å². The Morgan fingerprint density at radius 1 is 1.47 bits per heavy atom. The maximum absolute atomic E-state index is 11.2. The van der Waals surface area contributed by atoms with Crippen LogP contribution in [0.4, 0.5) is 0 Å². The topological polar surface area (TPSA) is 66.4 Å². The summed E-state index contributed by atoms with van der Waals surface area (Å²) in [5.74, 6) is -0.917. The van der Waals surface area contributed by atoms with Crippen LogP contribution in [0.1, 0.15) is 29.5 Å². The normalized spacial score (nSPS) is 10.6. The molecule has 0 aliphatic carbocycles. The number of aliphatic carboxylic acids is 1. The molecular formula is C12H15NO3S. The monoisotopic (exact) mass is 253 g/mol. The van der Waals surface area contributed by atoms with E-state index >= 15 is 0 Å². The number of carbonyl (C=O) groups excluding carboxylic acids is 1. The molecule has 0 aliphatic heterocycles. The molecular weight excluding hydrogens is 238 g/mol. The third-order valence-corrected chi connectivity index (χ3v) is 3.06. The van der Waals surface area contributed by atoms with Crippen molar-refractivity contribution in [3.05, 3.63) is 28.0 Å². The fourth-order valence-corrected chi connectivity index (χ4v) is 2.09. The molecule has 0 atom stereocenters. The SMILES string of the molecule is CCCC(=O)NCc1ccc(C=CC(=O)O)s1. The van der Waals surface area contributed by atoms with Gasteiger partial charge < -0.3 is 10.4 Å². The van der Waals surface area contributed by atoms with E-state index < -0.39 is 5.97 Å². The molecule has 0 fully saturated rings.